The van der Waals surface area contributed by atoms with Gasteiger partial charge in [-0.25, -0.2) is 18.1 Å². The van der Waals surface area contributed by atoms with Crippen molar-refractivity contribution in [3.63, 3.8) is 0 Å². The van der Waals surface area contributed by atoms with Gasteiger partial charge < -0.3 is 19.5 Å². The van der Waals surface area contributed by atoms with Gasteiger partial charge in [0, 0.05) is 0 Å². The molecule has 1 atom stereocenters. The van der Waals surface area contributed by atoms with E-state index >= 15 is 0 Å². The number of halogens is 2. The molecule has 0 aliphatic heterocycles. The standard InChI is InChI=1S/C9H11.C6H18NSi2.2CH3.2ClH.H2Si.Ti/c1-2-5-9-7-3-6-8(9)4-1;1-8(2,3)7-9(4,5)6;;;;;;/h1-2,4,6,9H,3,5,7H2;1-6H3;2*1H3;2*1H;1H2;/q4*-1;;;;. The summed E-state index contributed by atoms with van der Waals surface area (Å²) in [5, 5.41) is 0. The van der Waals surface area contributed by atoms with Crippen LogP contribution in [0.1, 0.15) is 19.3 Å². The van der Waals surface area contributed by atoms with Gasteiger partial charge in [-0.15, -0.1) is 43.4 Å². The van der Waals surface area contributed by atoms with Crippen molar-refractivity contribution in [2.75, 3.05) is 0 Å². The molecule has 0 aromatic rings. The second kappa shape index (κ2) is 17.7. The van der Waals surface area contributed by atoms with Gasteiger partial charge in [-0.2, -0.15) is 0 Å². The normalized spacial score (nSPS) is 17.0. The van der Waals surface area contributed by atoms with Crippen LogP contribution in [0.25, 0.3) is 4.65 Å². The molecule has 2 aliphatic rings. The summed E-state index contributed by atoms with van der Waals surface area (Å²) < 4.78 is 4.82. The van der Waals surface area contributed by atoms with E-state index in [4.69, 9.17) is 4.65 Å². The number of rotatable bonds is 2. The Morgan fingerprint density at radius 1 is 1.04 bits per heavy atom. The van der Waals surface area contributed by atoms with E-state index in [2.05, 4.69) is 63.9 Å². The van der Waals surface area contributed by atoms with Gasteiger partial charge in [0.25, 0.3) is 0 Å². The minimum atomic E-state index is -1.11. The summed E-state index contributed by atoms with van der Waals surface area (Å²) in [4.78, 5) is 0. The topological polar surface area (TPSA) is 14.1 Å². The van der Waals surface area contributed by atoms with Gasteiger partial charge in [0.2, 0.25) is 0 Å². The molecule has 0 spiro atoms. The van der Waals surface area contributed by atoms with Crippen molar-refractivity contribution in [1.29, 1.82) is 0 Å². The zero-order valence-electron chi connectivity index (χ0n) is 17.0. The predicted molar refractivity (Wildman–Crippen MR) is 125 cm³/mol. The molecule has 1 fully saturated rings. The molecule has 2 aliphatic carbocycles. The van der Waals surface area contributed by atoms with Gasteiger partial charge in [-0.05, 0) is 12.3 Å². The Bertz CT molecular complexity index is 339. The van der Waals surface area contributed by atoms with E-state index < -0.39 is 16.5 Å². The molecule has 0 radical (unpaired) electrons. The van der Waals surface area contributed by atoms with Crippen LogP contribution >= 0.6 is 24.8 Å². The Morgan fingerprint density at radius 3 is 1.83 bits per heavy atom. The third-order valence-electron chi connectivity index (χ3n) is 2.88. The third-order valence-corrected chi connectivity index (χ3v) is 8.25. The van der Waals surface area contributed by atoms with Crippen molar-refractivity contribution in [2.24, 2.45) is 5.92 Å². The number of allylic oxidation sites excluding steroid dienone is 4. The number of nitrogens with zero attached hydrogens (tertiary/aromatic N) is 1. The van der Waals surface area contributed by atoms with E-state index in [1.807, 2.05) is 26.8 Å². The molecule has 0 amide bonds. The van der Waals surface area contributed by atoms with Crippen molar-refractivity contribution in [3.05, 3.63) is 49.7 Å². The molecule has 1 unspecified atom stereocenters. The minimum absolute atomic E-state index is 0. The van der Waals surface area contributed by atoms with Gasteiger partial charge in [-0.3, -0.25) is 0 Å². The van der Waals surface area contributed by atoms with Crippen LogP contribution in [0, 0.1) is 27.2 Å². The Balaban J connectivity index is -0.0000000789. The van der Waals surface area contributed by atoms with Crippen molar-refractivity contribution >= 4 is 48.9 Å². The second-order valence-corrected chi connectivity index (χ2v) is 16.8. The first kappa shape index (κ1) is 36.2. The third kappa shape index (κ3) is 19.6. The molecule has 0 saturated heterocycles. The van der Waals surface area contributed by atoms with Crippen LogP contribution in [-0.2, 0) is 19.2 Å². The average molecular weight is 461 g/mol. The fraction of sp³-hybridized carbons (Fsp3) is 0.588. The summed E-state index contributed by atoms with van der Waals surface area (Å²) in [6.07, 6.45) is 13.0. The Labute approximate surface area is 181 Å². The van der Waals surface area contributed by atoms with E-state index in [1.165, 1.54) is 19.3 Å². The van der Waals surface area contributed by atoms with E-state index in [0.29, 0.717) is 0 Å². The number of hydrogen-bond acceptors (Lipinski definition) is 0. The van der Waals surface area contributed by atoms with Crippen molar-refractivity contribution in [3.8, 4) is 0 Å². The van der Waals surface area contributed by atoms with E-state index in [-0.39, 0.29) is 39.7 Å². The molecule has 1 nitrogen and oxygen atoms in total. The molecular weight excluding hydrogens is 421 g/mol. The van der Waals surface area contributed by atoms with Crippen molar-refractivity contribution < 1.29 is 19.2 Å². The van der Waals surface area contributed by atoms with Gasteiger partial charge in [0.05, 0.1) is 0 Å². The van der Waals surface area contributed by atoms with Crippen LogP contribution in [0.5, 0.6) is 0 Å². The Morgan fingerprint density at radius 2 is 1.50 bits per heavy atom. The van der Waals surface area contributed by atoms with Crippen LogP contribution in [0.15, 0.2) is 23.8 Å². The number of fused-ring (bicyclic) bond motifs is 1. The quantitative estimate of drug-likeness (QED) is 0.337. The summed E-state index contributed by atoms with van der Waals surface area (Å²) in [6, 6.07) is 0. The van der Waals surface area contributed by atoms with E-state index in [9.17, 15) is 0 Å². The molecule has 0 bridgehead atoms. The zero-order chi connectivity index (χ0) is 15.8. The first-order valence-corrected chi connectivity index (χ1v) is 18.4. The van der Waals surface area contributed by atoms with Crippen LogP contribution < -0.4 is 0 Å². The molecule has 0 aromatic heterocycles. The zero-order valence-corrected chi connectivity index (χ0v) is 23.6. The summed E-state index contributed by atoms with van der Waals surface area (Å²) in [7, 11) is -0.351. The number of hydrogen-bond donors (Lipinski definition) is 0. The van der Waals surface area contributed by atoms with Gasteiger partial charge >= 0.3 is 26.8 Å². The molecule has 0 N–H and O–H groups in total. The molecule has 0 heterocycles. The van der Waals surface area contributed by atoms with Crippen LogP contribution in [0.4, 0.5) is 0 Å². The SMILES string of the molecule is C1=CCC2CC[CH-]C2=C1.C[Si](C)(C)[N-][Si](C)(C)C.Cl.Cl.[CH3-].[CH3-].[SiH2]=[Ti]. The molecule has 1 saturated carbocycles. The van der Waals surface area contributed by atoms with Crippen molar-refractivity contribution in [2.45, 2.75) is 58.5 Å². The average Bonchev–Trinajstić information content (AvgIpc) is 2.75. The fourth-order valence-electron chi connectivity index (χ4n) is 2.67. The maximum absolute atomic E-state index is 4.82. The molecule has 2 rings (SSSR count). The Kier molecular flexibility index (Phi) is 26.6. The molecule has 0 aromatic carbocycles. The summed E-state index contributed by atoms with van der Waals surface area (Å²) in [5.74, 6) is 0.884. The summed E-state index contributed by atoms with van der Waals surface area (Å²) in [5.41, 5.74) is 1.58. The first-order valence-electron chi connectivity index (χ1n) is 7.47. The fourth-order valence-corrected chi connectivity index (χ4v) is 10.7. The van der Waals surface area contributed by atoms with Gasteiger partial charge in [0.15, 0.2) is 0 Å². The molecular formula is C17H39Cl2NSi3Ti-4. The summed E-state index contributed by atoms with van der Waals surface area (Å²) in [6.45, 7) is 13.8. The summed E-state index contributed by atoms with van der Waals surface area (Å²) >= 11 is 2.03. The van der Waals surface area contributed by atoms with Gasteiger partial charge in [0.1, 0.15) is 0 Å². The van der Waals surface area contributed by atoms with E-state index in [1.54, 1.807) is 5.57 Å². The van der Waals surface area contributed by atoms with Gasteiger partial charge in [-0.1, -0.05) is 62.2 Å². The maximum atomic E-state index is 4.82. The molecule has 24 heavy (non-hydrogen) atoms. The van der Waals surface area contributed by atoms with Crippen LogP contribution in [0.2, 0.25) is 39.3 Å². The van der Waals surface area contributed by atoms with Crippen LogP contribution in [-0.4, -0.2) is 24.1 Å². The Hall–Kier alpha value is 1.25. The van der Waals surface area contributed by atoms with Crippen LogP contribution in [0.3, 0.4) is 0 Å². The second-order valence-electron chi connectivity index (χ2n) is 7.26. The monoisotopic (exact) mass is 459 g/mol. The van der Waals surface area contributed by atoms with Crippen molar-refractivity contribution in [1.82, 2.24) is 0 Å². The molecule has 146 valence electrons. The molecule has 7 heteroatoms. The van der Waals surface area contributed by atoms with E-state index in [0.717, 1.165) is 5.92 Å². The predicted octanol–water partition coefficient (Wildman–Crippen LogP) is 6.34. The first-order chi connectivity index (χ1) is 9.17.